The van der Waals surface area contributed by atoms with Gasteiger partial charge in [-0.05, 0) is 62.1 Å². The quantitative estimate of drug-likeness (QED) is 0.481. The molecule has 0 saturated heterocycles. The molecule has 162 valence electrons. The van der Waals surface area contributed by atoms with Crippen LogP contribution in [0.3, 0.4) is 0 Å². The Bertz CT molecular complexity index is 1040. The van der Waals surface area contributed by atoms with Crippen molar-refractivity contribution < 1.29 is 19.1 Å². The zero-order chi connectivity index (χ0) is 21.8. The molecule has 4 rings (SSSR count). The number of methoxy groups -OCH3 is 1. The third-order valence-electron chi connectivity index (χ3n) is 6.05. The number of nitrogens with one attached hydrogen (secondary N) is 1. The average Bonchev–Trinajstić information content (AvgIpc) is 3.19. The van der Waals surface area contributed by atoms with Crippen molar-refractivity contribution in [2.24, 2.45) is 5.92 Å². The van der Waals surface area contributed by atoms with Gasteiger partial charge in [-0.15, -0.1) is 0 Å². The fourth-order valence-electron chi connectivity index (χ4n) is 4.40. The second kappa shape index (κ2) is 9.25. The van der Waals surface area contributed by atoms with E-state index in [-0.39, 0.29) is 11.6 Å². The topological polar surface area (TPSA) is 84.6 Å². The first-order valence-electron chi connectivity index (χ1n) is 10.8. The van der Waals surface area contributed by atoms with Gasteiger partial charge in [-0.3, -0.25) is 0 Å². The van der Waals surface area contributed by atoms with Crippen LogP contribution >= 0.6 is 0 Å². The lowest BCUT2D eigenvalue weighted by atomic mass is 9.81. The molecule has 1 atom stereocenters. The van der Waals surface area contributed by atoms with E-state index in [1.165, 1.54) is 19.3 Å². The summed E-state index contributed by atoms with van der Waals surface area (Å²) in [7, 11) is 1.60. The van der Waals surface area contributed by atoms with Crippen LogP contribution in [0.2, 0.25) is 0 Å². The molecule has 1 aliphatic carbocycles. The molecule has 1 fully saturated rings. The molecule has 1 saturated carbocycles. The van der Waals surface area contributed by atoms with Gasteiger partial charge in [0, 0.05) is 17.3 Å². The number of aromatic nitrogens is 1. The molecule has 1 aliphatic rings. The first-order valence-corrected chi connectivity index (χ1v) is 10.8. The molecular formula is C25H28N2O4. The van der Waals surface area contributed by atoms with Crippen LogP contribution in [0.5, 0.6) is 5.88 Å². The summed E-state index contributed by atoms with van der Waals surface area (Å²) in [5, 5.41) is 12.8. The fraction of sp³-hybridized carbons (Fsp3) is 0.360. The third-order valence-corrected chi connectivity index (χ3v) is 6.05. The number of carboxylic acid groups (broad SMARTS) is 1. The third kappa shape index (κ3) is 4.74. The van der Waals surface area contributed by atoms with Crippen LogP contribution in [0.1, 0.15) is 59.8 Å². The first-order chi connectivity index (χ1) is 15.0. The Hall–Kier alpha value is -3.28. The molecule has 6 nitrogen and oxygen atoms in total. The van der Waals surface area contributed by atoms with Crippen molar-refractivity contribution in [3.63, 3.8) is 0 Å². The number of furan rings is 1. The molecule has 2 N–H and O–H groups in total. The molecule has 0 amide bonds. The Morgan fingerprint density at radius 3 is 2.58 bits per heavy atom. The Morgan fingerprint density at radius 2 is 1.90 bits per heavy atom. The Balaban J connectivity index is 1.66. The van der Waals surface area contributed by atoms with E-state index in [4.69, 9.17) is 9.15 Å². The second-order valence-electron chi connectivity index (χ2n) is 8.09. The van der Waals surface area contributed by atoms with Gasteiger partial charge in [0.05, 0.1) is 18.7 Å². The minimum Gasteiger partial charge on any atom is -0.481 e. The summed E-state index contributed by atoms with van der Waals surface area (Å²) in [5.74, 6) is 1.69. The second-order valence-corrected chi connectivity index (χ2v) is 8.09. The van der Waals surface area contributed by atoms with Crippen LogP contribution in [-0.4, -0.2) is 23.2 Å². The van der Waals surface area contributed by atoms with Crippen molar-refractivity contribution in [2.45, 2.75) is 45.1 Å². The summed E-state index contributed by atoms with van der Waals surface area (Å²) in [4.78, 5) is 15.7. The maximum absolute atomic E-state index is 11.2. The van der Waals surface area contributed by atoms with Crippen molar-refractivity contribution in [1.82, 2.24) is 4.98 Å². The van der Waals surface area contributed by atoms with Crippen molar-refractivity contribution in [3.05, 3.63) is 65.4 Å². The molecular weight excluding hydrogens is 392 g/mol. The van der Waals surface area contributed by atoms with Crippen molar-refractivity contribution >= 4 is 11.7 Å². The van der Waals surface area contributed by atoms with E-state index in [9.17, 15) is 9.90 Å². The number of nitrogens with zero attached hydrogens (tertiary/aromatic N) is 1. The summed E-state index contributed by atoms with van der Waals surface area (Å²) in [6.45, 7) is 1.99. The number of benzene rings is 1. The molecule has 1 unspecified atom stereocenters. The number of carboxylic acids is 1. The van der Waals surface area contributed by atoms with Gasteiger partial charge >= 0.3 is 5.97 Å². The van der Waals surface area contributed by atoms with Crippen LogP contribution in [0.15, 0.2) is 52.9 Å². The van der Waals surface area contributed by atoms with Gasteiger partial charge in [0.2, 0.25) is 5.88 Å². The van der Waals surface area contributed by atoms with Gasteiger partial charge in [0.1, 0.15) is 11.5 Å². The molecule has 1 aromatic carbocycles. The van der Waals surface area contributed by atoms with E-state index < -0.39 is 5.97 Å². The number of rotatable bonds is 7. The largest absolute Gasteiger partial charge is 0.481 e. The lowest BCUT2D eigenvalue weighted by molar-refractivity contribution is 0.0697. The summed E-state index contributed by atoms with van der Waals surface area (Å²) in [5.41, 5.74) is 3.05. The standard InChI is InChI=1S/C25H28N2O4/c1-16-20(15-22(31-16)21-9-6-10-23(27-21)30-2)24(17-7-4-3-5-8-17)26-19-13-11-18(12-14-19)25(28)29/h6,9-15,17,24,26H,3-5,7-8H2,1-2H3,(H,28,29). The van der Waals surface area contributed by atoms with Crippen LogP contribution in [-0.2, 0) is 0 Å². The number of ether oxygens (including phenoxy) is 1. The summed E-state index contributed by atoms with van der Waals surface area (Å²) in [6, 6.07) is 14.7. The number of anilines is 1. The van der Waals surface area contributed by atoms with Gasteiger partial charge in [0.25, 0.3) is 0 Å². The van der Waals surface area contributed by atoms with Gasteiger partial charge in [-0.2, -0.15) is 0 Å². The molecule has 0 bridgehead atoms. The zero-order valence-electron chi connectivity index (χ0n) is 17.9. The maximum Gasteiger partial charge on any atom is 0.335 e. The molecule has 0 radical (unpaired) electrons. The Labute approximate surface area is 182 Å². The number of hydrogen-bond acceptors (Lipinski definition) is 5. The lowest BCUT2D eigenvalue weighted by Gasteiger charge is -2.31. The Morgan fingerprint density at radius 1 is 1.16 bits per heavy atom. The maximum atomic E-state index is 11.2. The number of aromatic carboxylic acids is 1. The molecule has 2 aromatic heterocycles. The number of carbonyl (C=O) groups is 1. The number of aryl methyl sites for hydroxylation is 1. The highest BCUT2D eigenvalue weighted by molar-refractivity contribution is 5.88. The van der Waals surface area contributed by atoms with Crippen molar-refractivity contribution in [3.8, 4) is 17.3 Å². The van der Waals surface area contributed by atoms with Crippen LogP contribution in [0.25, 0.3) is 11.5 Å². The minimum atomic E-state index is -0.920. The molecule has 0 spiro atoms. The van der Waals surface area contributed by atoms with E-state index in [0.29, 0.717) is 11.8 Å². The summed E-state index contributed by atoms with van der Waals surface area (Å²) < 4.78 is 11.4. The fourth-order valence-corrected chi connectivity index (χ4v) is 4.40. The molecule has 31 heavy (non-hydrogen) atoms. The van der Waals surface area contributed by atoms with Crippen LogP contribution in [0.4, 0.5) is 5.69 Å². The number of pyridine rings is 1. The SMILES string of the molecule is COc1cccc(-c2cc(C(Nc3ccc(C(=O)O)cc3)C3CCCCC3)c(C)o2)n1. The highest BCUT2D eigenvalue weighted by atomic mass is 16.5. The normalized spacial score (nSPS) is 15.4. The molecule has 3 aromatic rings. The summed E-state index contributed by atoms with van der Waals surface area (Å²) in [6.07, 6.45) is 6.04. The predicted octanol–water partition coefficient (Wildman–Crippen LogP) is 6.09. The van der Waals surface area contributed by atoms with Gasteiger partial charge in [-0.1, -0.05) is 25.3 Å². The van der Waals surface area contributed by atoms with Crippen molar-refractivity contribution in [2.75, 3.05) is 12.4 Å². The van der Waals surface area contributed by atoms with E-state index in [2.05, 4.69) is 16.4 Å². The highest BCUT2D eigenvalue weighted by Gasteiger charge is 2.28. The van der Waals surface area contributed by atoms with Crippen LogP contribution < -0.4 is 10.1 Å². The molecule has 2 heterocycles. The predicted molar refractivity (Wildman–Crippen MR) is 120 cm³/mol. The Kier molecular flexibility index (Phi) is 6.26. The number of hydrogen-bond donors (Lipinski definition) is 2. The molecule has 0 aliphatic heterocycles. The average molecular weight is 421 g/mol. The van der Waals surface area contributed by atoms with Crippen LogP contribution in [0, 0.1) is 12.8 Å². The van der Waals surface area contributed by atoms with E-state index in [0.717, 1.165) is 41.3 Å². The van der Waals surface area contributed by atoms with Crippen molar-refractivity contribution in [1.29, 1.82) is 0 Å². The minimum absolute atomic E-state index is 0.0825. The van der Waals surface area contributed by atoms with E-state index in [1.807, 2.05) is 37.3 Å². The van der Waals surface area contributed by atoms with Gasteiger partial charge in [-0.25, -0.2) is 9.78 Å². The highest BCUT2D eigenvalue weighted by Crippen LogP contribution is 2.40. The lowest BCUT2D eigenvalue weighted by Crippen LogP contribution is -2.23. The first kappa shape index (κ1) is 21.0. The smallest absolute Gasteiger partial charge is 0.335 e. The van der Waals surface area contributed by atoms with Gasteiger partial charge in [0.15, 0.2) is 5.76 Å². The zero-order valence-corrected chi connectivity index (χ0v) is 17.9. The van der Waals surface area contributed by atoms with E-state index in [1.54, 1.807) is 19.2 Å². The molecule has 6 heteroatoms. The monoisotopic (exact) mass is 420 g/mol. The summed E-state index contributed by atoms with van der Waals surface area (Å²) >= 11 is 0. The van der Waals surface area contributed by atoms with E-state index >= 15 is 0 Å². The van der Waals surface area contributed by atoms with Gasteiger partial charge < -0.3 is 19.6 Å².